The number of nitrogens with zero attached hydrogens (tertiary/aromatic N) is 3. The van der Waals surface area contributed by atoms with Crippen LogP contribution in [0.4, 0.5) is 0 Å². The highest BCUT2D eigenvalue weighted by molar-refractivity contribution is 5.94. The zero-order valence-electron chi connectivity index (χ0n) is 16.5. The molecule has 0 saturated carbocycles. The van der Waals surface area contributed by atoms with E-state index in [0.29, 0.717) is 18.7 Å². The molecule has 3 N–H and O–H groups in total. The molecule has 0 aliphatic rings. The first-order chi connectivity index (χ1) is 13.6. The first-order valence-corrected chi connectivity index (χ1v) is 9.30. The fourth-order valence-corrected chi connectivity index (χ4v) is 3.02. The molecule has 7 heteroatoms. The van der Waals surface area contributed by atoms with Gasteiger partial charge in [0.15, 0.2) is 5.96 Å². The predicted octanol–water partition coefficient (Wildman–Crippen LogP) is 1.91. The maximum atomic E-state index is 11.7. The molecule has 0 bridgehead atoms. The highest BCUT2D eigenvalue weighted by atomic mass is 16.1. The summed E-state index contributed by atoms with van der Waals surface area (Å²) in [7, 11) is 3.38. The monoisotopic (exact) mass is 378 g/mol. The minimum Gasteiger partial charge on any atom is -0.356 e. The number of aryl methyl sites for hydroxylation is 1. The van der Waals surface area contributed by atoms with Crippen molar-refractivity contribution in [2.24, 2.45) is 4.99 Å². The number of benzene rings is 1. The summed E-state index contributed by atoms with van der Waals surface area (Å²) in [5.41, 5.74) is 4.81. The van der Waals surface area contributed by atoms with Gasteiger partial charge in [0.2, 0.25) is 0 Å². The van der Waals surface area contributed by atoms with Crippen LogP contribution < -0.4 is 16.0 Å². The fourth-order valence-electron chi connectivity index (χ4n) is 3.02. The standard InChI is InChI=1S/C21H26N6O/c1-15-6-4-9-19-26-18(14-27(15)19)13-25-21(23-3)24-11-10-16-7-5-8-17(12-16)20(28)22-2/h4-9,12,14H,10-11,13H2,1-3H3,(H,22,28)(H2,23,24,25). The molecule has 2 heterocycles. The molecule has 28 heavy (non-hydrogen) atoms. The van der Waals surface area contributed by atoms with E-state index in [9.17, 15) is 4.79 Å². The van der Waals surface area contributed by atoms with E-state index in [4.69, 9.17) is 0 Å². The number of amides is 1. The zero-order chi connectivity index (χ0) is 19.9. The molecule has 1 amide bonds. The number of carbonyl (C=O) groups is 1. The summed E-state index contributed by atoms with van der Waals surface area (Å²) in [5, 5.41) is 9.24. The Bertz CT molecular complexity index is 991. The molecule has 1 aromatic carbocycles. The molecular weight excluding hydrogens is 352 g/mol. The van der Waals surface area contributed by atoms with Crippen molar-refractivity contribution in [1.82, 2.24) is 25.3 Å². The summed E-state index contributed by atoms with van der Waals surface area (Å²) in [4.78, 5) is 20.6. The van der Waals surface area contributed by atoms with E-state index in [1.54, 1.807) is 14.1 Å². The van der Waals surface area contributed by atoms with Crippen LogP contribution in [0, 0.1) is 6.92 Å². The Morgan fingerprint density at radius 1 is 1.18 bits per heavy atom. The van der Waals surface area contributed by atoms with E-state index < -0.39 is 0 Å². The third-order valence-electron chi connectivity index (χ3n) is 4.53. The molecule has 3 aromatic rings. The lowest BCUT2D eigenvalue weighted by Gasteiger charge is -2.11. The molecule has 146 valence electrons. The van der Waals surface area contributed by atoms with Gasteiger partial charge in [-0.15, -0.1) is 0 Å². The molecule has 2 aromatic heterocycles. The minimum atomic E-state index is -0.0741. The molecule has 3 rings (SSSR count). The van der Waals surface area contributed by atoms with Crippen LogP contribution in [0.5, 0.6) is 0 Å². The number of rotatable bonds is 6. The highest BCUT2D eigenvalue weighted by Gasteiger charge is 2.06. The van der Waals surface area contributed by atoms with Crippen LogP contribution in [0.3, 0.4) is 0 Å². The van der Waals surface area contributed by atoms with Crippen molar-refractivity contribution in [1.29, 1.82) is 0 Å². The van der Waals surface area contributed by atoms with E-state index in [-0.39, 0.29) is 5.91 Å². The third kappa shape index (κ3) is 4.68. The second kappa shape index (κ2) is 9.03. The third-order valence-corrected chi connectivity index (χ3v) is 4.53. The Hall–Kier alpha value is -3.35. The van der Waals surface area contributed by atoms with Crippen molar-refractivity contribution in [3.05, 3.63) is 71.2 Å². The lowest BCUT2D eigenvalue weighted by molar-refractivity contribution is 0.0963. The predicted molar refractivity (Wildman–Crippen MR) is 112 cm³/mol. The SMILES string of the molecule is CN=C(NCCc1cccc(C(=O)NC)c1)NCc1cn2c(C)cccc2n1. The second-order valence-electron chi connectivity index (χ2n) is 6.51. The van der Waals surface area contributed by atoms with E-state index >= 15 is 0 Å². The molecule has 7 nitrogen and oxygen atoms in total. The summed E-state index contributed by atoms with van der Waals surface area (Å²) >= 11 is 0. The Kier molecular flexibility index (Phi) is 6.26. The Morgan fingerprint density at radius 3 is 2.75 bits per heavy atom. The van der Waals surface area contributed by atoms with Gasteiger partial charge >= 0.3 is 0 Å². The van der Waals surface area contributed by atoms with Crippen LogP contribution >= 0.6 is 0 Å². The first kappa shape index (κ1) is 19.4. The molecule has 0 fully saturated rings. The molecule has 0 spiro atoms. The second-order valence-corrected chi connectivity index (χ2v) is 6.51. The largest absolute Gasteiger partial charge is 0.356 e. The van der Waals surface area contributed by atoms with Crippen LogP contribution in [0.1, 0.15) is 27.3 Å². The number of nitrogens with one attached hydrogen (secondary N) is 3. The van der Waals surface area contributed by atoms with Gasteiger partial charge in [-0.2, -0.15) is 0 Å². The number of guanidine groups is 1. The normalized spacial score (nSPS) is 11.5. The molecule has 0 aliphatic carbocycles. The Morgan fingerprint density at radius 2 is 2.00 bits per heavy atom. The number of fused-ring (bicyclic) bond motifs is 1. The average molecular weight is 378 g/mol. The Balaban J connectivity index is 1.52. The van der Waals surface area contributed by atoms with Gasteiger partial charge in [0.05, 0.1) is 12.2 Å². The number of hydrogen-bond donors (Lipinski definition) is 3. The van der Waals surface area contributed by atoms with Crippen molar-refractivity contribution < 1.29 is 4.79 Å². The van der Waals surface area contributed by atoms with Crippen molar-refractivity contribution in [2.75, 3.05) is 20.6 Å². The van der Waals surface area contributed by atoms with Crippen LogP contribution in [0.25, 0.3) is 5.65 Å². The topological polar surface area (TPSA) is 82.8 Å². The number of aliphatic imine (C=N–C) groups is 1. The quantitative estimate of drug-likeness (QED) is 0.452. The lowest BCUT2D eigenvalue weighted by atomic mass is 10.1. The van der Waals surface area contributed by atoms with Gasteiger partial charge in [0, 0.05) is 38.1 Å². The number of aromatic nitrogens is 2. The summed E-state index contributed by atoms with van der Waals surface area (Å²) in [6, 6.07) is 13.7. The number of hydrogen-bond acceptors (Lipinski definition) is 3. The van der Waals surface area contributed by atoms with Gasteiger partial charge in [-0.05, 0) is 43.2 Å². The Labute approximate surface area is 164 Å². The molecule has 0 radical (unpaired) electrons. The summed E-state index contributed by atoms with van der Waals surface area (Å²) in [5.74, 6) is 0.645. The maximum absolute atomic E-state index is 11.7. The van der Waals surface area contributed by atoms with Gasteiger partial charge in [0.25, 0.3) is 5.91 Å². The number of pyridine rings is 1. The van der Waals surface area contributed by atoms with Gasteiger partial charge in [-0.1, -0.05) is 18.2 Å². The molecular formula is C21H26N6O. The smallest absolute Gasteiger partial charge is 0.251 e. The van der Waals surface area contributed by atoms with Crippen LogP contribution in [-0.2, 0) is 13.0 Å². The highest BCUT2D eigenvalue weighted by Crippen LogP contribution is 2.08. The van der Waals surface area contributed by atoms with Crippen LogP contribution in [0.15, 0.2) is 53.7 Å². The van der Waals surface area contributed by atoms with Crippen LogP contribution in [-0.4, -0.2) is 41.9 Å². The molecule has 0 saturated heterocycles. The summed E-state index contributed by atoms with van der Waals surface area (Å²) in [6.07, 6.45) is 2.83. The van der Waals surface area contributed by atoms with Gasteiger partial charge in [0.1, 0.15) is 5.65 Å². The van der Waals surface area contributed by atoms with Crippen molar-refractivity contribution in [2.45, 2.75) is 19.9 Å². The van der Waals surface area contributed by atoms with Crippen molar-refractivity contribution in [3.8, 4) is 0 Å². The van der Waals surface area contributed by atoms with Crippen molar-refractivity contribution >= 4 is 17.5 Å². The molecule has 0 aliphatic heterocycles. The van der Waals surface area contributed by atoms with E-state index in [0.717, 1.165) is 35.0 Å². The first-order valence-electron chi connectivity index (χ1n) is 9.30. The molecule has 0 unspecified atom stereocenters. The fraction of sp³-hybridized carbons (Fsp3) is 0.286. The summed E-state index contributed by atoms with van der Waals surface area (Å²) in [6.45, 7) is 3.36. The van der Waals surface area contributed by atoms with Gasteiger partial charge in [-0.3, -0.25) is 9.79 Å². The number of carbonyl (C=O) groups excluding carboxylic acids is 1. The van der Waals surface area contributed by atoms with E-state index in [1.165, 1.54) is 0 Å². The van der Waals surface area contributed by atoms with Crippen LogP contribution in [0.2, 0.25) is 0 Å². The maximum Gasteiger partial charge on any atom is 0.251 e. The van der Waals surface area contributed by atoms with E-state index in [2.05, 4.69) is 43.3 Å². The summed E-state index contributed by atoms with van der Waals surface area (Å²) < 4.78 is 2.08. The van der Waals surface area contributed by atoms with Crippen molar-refractivity contribution in [3.63, 3.8) is 0 Å². The van der Waals surface area contributed by atoms with E-state index in [1.807, 2.05) is 42.6 Å². The van der Waals surface area contributed by atoms with Gasteiger partial charge < -0.3 is 20.4 Å². The number of imidazole rings is 1. The average Bonchev–Trinajstić information content (AvgIpc) is 3.14. The van der Waals surface area contributed by atoms with Gasteiger partial charge in [-0.25, -0.2) is 4.98 Å². The molecule has 0 atom stereocenters. The zero-order valence-corrected chi connectivity index (χ0v) is 16.5. The lowest BCUT2D eigenvalue weighted by Crippen LogP contribution is -2.37. The minimum absolute atomic E-state index is 0.0741.